The molecule has 0 bridgehead atoms. The average molecular weight is 414 g/mol. The van der Waals surface area contributed by atoms with Crippen molar-refractivity contribution in [1.29, 1.82) is 0 Å². The highest BCUT2D eigenvalue weighted by Crippen LogP contribution is 2.32. The molecule has 1 aliphatic carbocycles. The smallest absolute Gasteiger partial charge is 0.237 e. The lowest BCUT2D eigenvalue weighted by molar-refractivity contribution is -0.146. The first-order valence-corrected chi connectivity index (χ1v) is 10.4. The van der Waals surface area contributed by atoms with Gasteiger partial charge in [-0.05, 0) is 20.0 Å². The van der Waals surface area contributed by atoms with Gasteiger partial charge in [0, 0.05) is 25.8 Å². The van der Waals surface area contributed by atoms with Crippen molar-refractivity contribution in [2.24, 2.45) is 11.8 Å². The third-order valence-electron chi connectivity index (χ3n) is 5.19. The quantitative estimate of drug-likeness (QED) is 0.407. The lowest BCUT2D eigenvalue weighted by Gasteiger charge is -2.26. The molecule has 6 heteroatoms. The Morgan fingerprint density at radius 2 is 1.67 bits per heavy atom. The number of nitrogens with zero attached hydrogens (tertiary/aromatic N) is 3. The standard InChI is InChI=1S/C22H29N3O3.C2H6/c1-6-7-10-16(2)24(5)14-13-23(4)15-20(26)17(3)25-21(27)18-11-8-9-12-19(18)22(25)28;1-2/h6-12,17-19H,1-2,13-15H2,3-5H3;1-2H3/b10-7-;. The van der Waals surface area contributed by atoms with Crippen LogP contribution in [0, 0.1) is 11.8 Å². The van der Waals surface area contributed by atoms with Crippen molar-refractivity contribution in [1.82, 2.24) is 14.7 Å². The molecule has 1 fully saturated rings. The van der Waals surface area contributed by atoms with Gasteiger partial charge in [0.1, 0.15) is 0 Å². The van der Waals surface area contributed by atoms with Gasteiger partial charge >= 0.3 is 0 Å². The molecule has 2 rings (SSSR count). The van der Waals surface area contributed by atoms with E-state index < -0.39 is 17.9 Å². The minimum atomic E-state index is -0.766. The molecule has 1 saturated heterocycles. The van der Waals surface area contributed by atoms with Gasteiger partial charge in [-0.3, -0.25) is 24.2 Å². The van der Waals surface area contributed by atoms with Crippen LogP contribution < -0.4 is 0 Å². The van der Waals surface area contributed by atoms with E-state index in [9.17, 15) is 14.4 Å². The lowest BCUT2D eigenvalue weighted by Crippen LogP contribution is -2.47. The van der Waals surface area contributed by atoms with Crippen LogP contribution in [-0.2, 0) is 14.4 Å². The molecule has 2 aliphatic rings. The normalized spacial score (nSPS) is 20.8. The molecule has 0 spiro atoms. The van der Waals surface area contributed by atoms with Crippen molar-refractivity contribution in [2.75, 3.05) is 33.7 Å². The molecule has 1 heterocycles. The summed E-state index contributed by atoms with van der Waals surface area (Å²) in [5.74, 6) is -1.68. The first-order valence-electron chi connectivity index (χ1n) is 10.4. The number of fused-ring (bicyclic) bond motifs is 1. The first kappa shape index (κ1) is 25.3. The van der Waals surface area contributed by atoms with Crippen molar-refractivity contribution in [2.45, 2.75) is 26.8 Å². The van der Waals surface area contributed by atoms with Crippen LogP contribution in [0.15, 0.2) is 61.4 Å². The summed E-state index contributed by atoms with van der Waals surface area (Å²) in [6, 6.07) is -0.766. The summed E-state index contributed by atoms with van der Waals surface area (Å²) >= 11 is 0. The third kappa shape index (κ3) is 6.13. The zero-order valence-corrected chi connectivity index (χ0v) is 18.9. The van der Waals surface area contributed by atoms with Crippen LogP contribution in [0.3, 0.4) is 0 Å². The Morgan fingerprint density at radius 3 is 2.17 bits per heavy atom. The monoisotopic (exact) mass is 413 g/mol. The van der Waals surface area contributed by atoms with Gasteiger partial charge in [-0.15, -0.1) is 0 Å². The Kier molecular flexibility index (Phi) is 10.2. The summed E-state index contributed by atoms with van der Waals surface area (Å²) < 4.78 is 0. The van der Waals surface area contributed by atoms with E-state index >= 15 is 0 Å². The number of carbonyl (C=O) groups excluding carboxylic acids is 3. The summed E-state index contributed by atoms with van der Waals surface area (Å²) in [6.07, 6.45) is 12.4. The SMILES string of the molecule is C=C/C=C\C(=C)N(C)CCN(C)CC(=O)C(C)N1C(=O)C2C=CC=CC2C1=O.CC. The maximum absolute atomic E-state index is 12.7. The minimum Gasteiger partial charge on any atom is -0.374 e. The molecule has 3 atom stereocenters. The second-order valence-electron chi connectivity index (χ2n) is 7.26. The molecule has 0 aromatic rings. The molecule has 30 heavy (non-hydrogen) atoms. The topological polar surface area (TPSA) is 60.9 Å². The van der Waals surface area contributed by atoms with Crippen molar-refractivity contribution in [3.8, 4) is 0 Å². The summed E-state index contributed by atoms with van der Waals surface area (Å²) in [7, 11) is 3.78. The minimum absolute atomic E-state index is 0.149. The fourth-order valence-corrected chi connectivity index (χ4v) is 3.28. The molecular weight excluding hydrogens is 378 g/mol. The number of carbonyl (C=O) groups is 3. The van der Waals surface area contributed by atoms with E-state index in [1.165, 1.54) is 0 Å². The van der Waals surface area contributed by atoms with Gasteiger partial charge in [-0.25, -0.2) is 0 Å². The van der Waals surface area contributed by atoms with Gasteiger partial charge in [0.15, 0.2) is 5.78 Å². The Labute approximate surface area is 180 Å². The first-order chi connectivity index (χ1) is 14.3. The van der Waals surface area contributed by atoms with E-state index in [4.69, 9.17) is 0 Å². The molecule has 0 saturated carbocycles. The number of ketones is 1. The third-order valence-corrected chi connectivity index (χ3v) is 5.19. The van der Waals surface area contributed by atoms with E-state index in [0.717, 1.165) is 10.6 Å². The second kappa shape index (κ2) is 12.1. The van der Waals surface area contributed by atoms with Crippen molar-refractivity contribution in [3.05, 3.63) is 61.4 Å². The average Bonchev–Trinajstić information content (AvgIpc) is 3.01. The van der Waals surface area contributed by atoms with Gasteiger partial charge in [-0.1, -0.05) is 63.5 Å². The van der Waals surface area contributed by atoms with Crippen molar-refractivity contribution in [3.63, 3.8) is 0 Å². The summed E-state index contributed by atoms with van der Waals surface area (Å²) in [5, 5.41) is 0. The zero-order valence-electron chi connectivity index (χ0n) is 18.9. The molecule has 0 aromatic heterocycles. The number of likely N-dealkylation sites (N-methyl/N-ethyl adjacent to an activating group) is 2. The maximum atomic E-state index is 12.7. The summed E-state index contributed by atoms with van der Waals surface area (Å²) in [4.78, 5) is 42.9. The van der Waals surface area contributed by atoms with Gasteiger partial charge in [-0.2, -0.15) is 0 Å². The van der Waals surface area contributed by atoms with E-state index in [1.54, 1.807) is 37.3 Å². The van der Waals surface area contributed by atoms with Gasteiger partial charge in [0.25, 0.3) is 0 Å². The number of hydrogen-bond donors (Lipinski definition) is 0. The summed E-state index contributed by atoms with van der Waals surface area (Å²) in [5.41, 5.74) is 0.852. The highest BCUT2D eigenvalue weighted by Gasteiger charge is 2.48. The molecule has 3 unspecified atom stereocenters. The summed E-state index contributed by atoms with van der Waals surface area (Å²) in [6.45, 7) is 14.7. The number of likely N-dealkylation sites (tertiary alicyclic amines) is 1. The molecule has 0 aromatic carbocycles. The van der Waals surface area contributed by atoms with E-state index in [2.05, 4.69) is 13.2 Å². The lowest BCUT2D eigenvalue weighted by atomic mass is 9.91. The van der Waals surface area contributed by atoms with Crippen LogP contribution >= 0.6 is 0 Å². The highest BCUT2D eigenvalue weighted by molar-refractivity contribution is 6.10. The Morgan fingerprint density at radius 1 is 1.13 bits per heavy atom. The van der Waals surface area contributed by atoms with E-state index in [-0.39, 0.29) is 24.1 Å². The fourth-order valence-electron chi connectivity index (χ4n) is 3.28. The molecule has 0 N–H and O–H groups in total. The fraction of sp³-hybridized carbons (Fsp3) is 0.458. The molecule has 6 nitrogen and oxygen atoms in total. The second-order valence-corrected chi connectivity index (χ2v) is 7.26. The number of allylic oxidation sites excluding steroid dienone is 5. The molecule has 0 radical (unpaired) electrons. The highest BCUT2D eigenvalue weighted by atomic mass is 16.2. The van der Waals surface area contributed by atoms with Crippen LogP contribution in [0.5, 0.6) is 0 Å². The molecule has 2 amide bonds. The predicted octanol–water partition coefficient (Wildman–Crippen LogP) is 2.82. The predicted molar refractivity (Wildman–Crippen MR) is 122 cm³/mol. The van der Waals surface area contributed by atoms with Gasteiger partial charge in [0.05, 0.1) is 24.4 Å². The van der Waals surface area contributed by atoms with E-state index in [0.29, 0.717) is 13.1 Å². The van der Waals surface area contributed by atoms with Gasteiger partial charge in [0.2, 0.25) is 11.8 Å². The number of imide groups is 1. The Bertz CT molecular complexity index is 721. The Hall–Kier alpha value is -2.73. The number of amides is 2. The van der Waals surface area contributed by atoms with Crippen molar-refractivity contribution >= 4 is 17.6 Å². The largest absolute Gasteiger partial charge is 0.374 e. The Balaban J connectivity index is 0.00000218. The van der Waals surface area contributed by atoms with E-state index in [1.807, 2.05) is 49.9 Å². The zero-order chi connectivity index (χ0) is 22.8. The number of Topliss-reactive ketones (excluding diaryl/α,β-unsaturated/α-hetero) is 1. The van der Waals surface area contributed by atoms with Crippen LogP contribution in [-0.4, -0.2) is 72.1 Å². The van der Waals surface area contributed by atoms with Crippen molar-refractivity contribution < 1.29 is 14.4 Å². The van der Waals surface area contributed by atoms with Crippen LogP contribution in [0.25, 0.3) is 0 Å². The molecule has 1 aliphatic heterocycles. The maximum Gasteiger partial charge on any atom is 0.237 e. The molecule has 164 valence electrons. The number of hydrogen-bond acceptors (Lipinski definition) is 5. The van der Waals surface area contributed by atoms with Crippen LogP contribution in [0.2, 0.25) is 0 Å². The van der Waals surface area contributed by atoms with Crippen LogP contribution in [0.4, 0.5) is 0 Å². The van der Waals surface area contributed by atoms with Gasteiger partial charge < -0.3 is 4.90 Å². The molecular formula is C24H35N3O3. The number of rotatable bonds is 10. The van der Waals surface area contributed by atoms with Crippen LogP contribution in [0.1, 0.15) is 20.8 Å².